The number of anilines is 1. The van der Waals surface area contributed by atoms with Gasteiger partial charge in [0.15, 0.2) is 0 Å². The molecule has 0 heterocycles. The Labute approximate surface area is 128 Å². The Kier molecular flexibility index (Phi) is 8.32. The van der Waals surface area contributed by atoms with E-state index in [9.17, 15) is 4.79 Å². The maximum atomic E-state index is 12.2. The first-order valence-corrected chi connectivity index (χ1v) is 7.95. The number of carbonyl (C=O) groups excluding carboxylic acids is 1. The third-order valence-corrected chi connectivity index (χ3v) is 3.09. The summed E-state index contributed by atoms with van der Waals surface area (Å²) in [5.74, 6) is 0.992. The van der Waals surface area contributed by atoms with Crippen molar-refractivity contribution >= 4 is 11.6 Å². The van der Waals surface area contributed by atoms with Gasteiger partial charge in [0.1, 0.15) is 5.75 Å². The zero-order valence-corrected chi connectivity index (χ0v) is 13.5. The monoisotopic (exact) mass is 292 g/mol. The number of amides is 1. The van der Waals surface area contributed by atoms with Gasteiger partial charge in [0, 0.05) is 24.8 Å². The van der Waals surface area contributed by atoms with E-state index in [1.54, 1.807) is 0 Å². The van der Waals surface area contributed by atoms with Crippen molar-refractivity contribution in [3.8, 4) is 5.75 Å². The third-order valence-electron chi connectivity index (χ3n) is 3.09. The van der Waals surface area contributed by atoms with Crippen molar-refractivity contribution < 1.29 is 9.53 Å². The predicted molar refractivity (Wildman–Crippen MR) is 87.9 cm³/mol. The van der Waals surface area contributed by atoms with Gasteiger partial charge < -0.3 is 15.0 Å². The number of benzene rings is 1. The molecular weight excluding hydrogens is 264 g/mol. The normalized spacial score (nSPS) is 10.2. The van der Waals surface area contributed by atoms with Gasteiger partial charge >= 0.3 is 0 Å². The second kappa shape index (κ2) is 10.1. The van der Waals surface area contributed by atoms with Crippen LogP contribution in [0.25, 0.3) is 0 Å². The van der Waals surface area contributed by atoms with Gasteiger partial charge in [-0.3, -0.25) is 4.79 Å². The fourth-order valence-corrected chi connectivity index (χ4v) is 2.11. The van der Waals surface area contributed by atoms with Gasteiger partial charge in [0.2, 0.25) is 5.91 Å². The van der Waals surface area contributed by atoms with Crippen molar-refractivity contribution in [2.45, 2.75) is 40.0 Å². The molecule has 0 fully saturated rings. The lowest BCUT2D eigenvalue weighted by atomic mass is 10.3. The van der Waals surface area contributed by atoms with E-state index in [2.05, 4.69) is 26.1 Å². The first kappa shape index (κ1) is 17.3. The van der Waals surface area contributed by atoms with Gasteiger partial charge in [-0.15, -0.1) is 0 Å². The van der Waals surface area contributed by atoms with Gasteiger partial charge in [-0.05, 0) is 31.4 Å². The molecule has 0 aliphatic rings. The molecule has 4 heteroatoms. The molecule has 0 bridgehead atoms. The van der Waals surface area contributed by atoms with Gasteiger partial charge in [0.05, 0.1) is 13.2 Å². The molecule has 21 heavy (non-hydrogen) atoms. The Morgan fingerprint density at radius 3 is 2.48 bits per heavy atom. The van der Waals surface area contributed by atoms with Gasteiger partial charge in [0.25, 0.3) is 0 Å². The van der Waals surface area contributed by atoms with E-state index in [-0.39, 0.29) is 5.91 Å². The van der Waals surface area contributed by atoms with Crippen LogP contribution in [0.5, 0.6) is 5.75 Å². The zero-order valence-electron chi connectivity index (χ0n) is 13.5. The summed E-state index contributed by atoms with van der Waals surface area (Å²) >= 11 is 0. The van der Waals surface area contributed by atoms with Crippen molar-refractivity contribution in [3.05, 3.63) is 24.3 Å². The maximum absolute atomic E-state index is 12.2. The lowest BCUT2D eigenvalue weighted by Crippen LogP contribution is -2.36. The highest BCUT2D eigenvalue weighted by Gasteiger charge is 2.11. The smallest absolute Gasteiger partial charge is 0.241 e. The van der Waals surface area contributed by atoms with Crippen LogP contribution >= 0.6 is 0 Å². The van der Waals surface area contributed by atoms with E-state index in [0.717, 1.165) is 43.8 Å². The molecule has 1 N–H and O–H groups in total. The Bertz CT molecular complexity index is 415. The summed E-state index contributed by atoms with van der Waals surface area (Å²) < 4.78 is 5.59. The lowest BCUT2D eigenvalue weighted by Gasteiger charge is -2.22. The molecule has 0 saturated heterocycles. The predicted octanol–water partition coefficient (Wildman–Crippen LogP) is 3.54. The SMILES string of the molecule is CCCOc1cccc(NCC(=O)N(CCC)CCC)c1. The third kappa shape index (κ3) is 6.52. The van der Waals surface area contributed by atoms with Crippen LogP contribution in [-0.2, 0) is 4.79 Å². The minimum atomic E-state index is 0.151. The molecular formula is C17H28N2O2. The molecule has 0 aliphatic carbocycles. The van der Waals surface area contributed by atoms with Crippen LogP contribution in [0.2, 0.25) is 0 Å². The molecule has 118 valence electrons. The molecule has 1 amide bonds. The average Bonchev–Trinajstić information content (AvgIpc) is 2.51. The summed E-state index contributed by atoms with van der Waals surface area (Å²) in [5, 5.41) is 3.19. The Morgan fingerprint density at radius 1 is 1.14 bits per heavy atom. The van der Waals surface area contributed by atoms with Crippen molar-refractivity contribution in [2.24, 2.45) is 0 Å². The van der Waals surface area contributed by atoms with Gasteiger partial charge in [-0.1, -0.05) is 26.8 Å². The van der Waals surface area contributed by atoms with Gasteiger partial charge in [-0.25, -0.2) is 0 Å². The minimum Gasteiger partial charge on any atom is -0.494 e. The fourth-order valence-electron chi connectivity index (χ4n) is 2.11. The first-order chi connectivity index (χ1) is 10.2. The van der Waals surface area contributed by atoms with Crippen LogP contribution in [0.15, 0.2) is 24.3 Å². The highest BCUT2D eigenvalue weighted by molar-refractivity contribution is 5.80. The highest BCUT2D eigenvalue weighted by atomic mass is 16.5. The average molecular weight is 292 g/mol. The molecule has 0 aromatic heterocycles. The Hall–Kier alpha value is -1.71. The molecule has 0 atom stereocenters. The molecule has 0 saturated carbocycles. The molecule has 0 radical (unpaired) electrons. The second-order valence-electron chi connectivity index (χ2n) is 5.11. The lowest BCUT2D eigenvalue weighted by molar-refractivity contribution is -0.129. The Morgan fingerprint density at radius 2 is 1.86 bits per heavy atom. The number of nitrogens with one attached hydrogen (secondary N) is 1. The fraction of sp³-hybridized carbons (Fsp3) is 0.588. The largest absolute Gasteiger partial charge is 0.494 e. The van der Waals surface area contributed by atoms with E-state index < -0.39 is 0 Å². The number of rotatable bonds is 10. The second-order valence-corrected chi connectivity index (χ2v) is 5.11. The van der Waals surface area contributed by atoms with Crippen LogP contribution in [0.4, 0.5) is 5.69 Å². The minimum absolute atomic E-state index is 0.151. The first-order valence-electron chi connectivity index (χ1n) is 7.95. The summed E-state index contributed by atoms with van der Waals surface area (Å²) in [6.45, 7) is 8.97. The summed E-state index contributed by atoms with van der Waals surface area (Å²) in [4.78, 5) is 14.1. The number of ether oxygens (including phenoxy) is 1. The van der Waals surface area contributed by atoms with Crippen LogP contribution in [0.1, 0.15) is 40.0 Å². The van der Waals surface area contributed by atoms with E-state index in [1.165, 1.54) is 0 Å². The van der Waals surface area contributed by atoms with Crippen molar-refractivity contribution in [1.29, 1.82) is 0 Å². The van der Waals surface area contributed by atoms with Crippen molar-refractivity contribution in [3.63, 3.8) is 0 Å². The Balaban J connectivity index is 2.51. The number of hydrogen-bond donors (Lipinski definition) is 1. The zero-order chi connectivity index (χ0) is 15.5. The van der Waals surface area contributed by atoms with Gasteiger partial charge in [-0.2, -0.15) is 0 Å². The quantitative estimate of drug-likeness (QED) is 0.717. The highest BCUT2D eigenvalue weighted by Crippen LogP contribution is 2.17. The number of carbonyl (C=O) groups is 1. The van der Waals surface area contributed by atoms with Crippen LogP contribution in [0.3, 0.4) is 0 Å². The van der Waals surface area contributed by atoms with E-state index in [4.69, 9.17) is 4.74 Å². The summed E-state index contributed by atoms with van der Waals surface area (Å²) in [6.07, 6.45) is 2.97. The molecule has 0 aliphatic heterocycles. The molecule has 0 spiro atoms. The summed E-state index contributed by atoms with van der Waals surface area (Å²) in [5.41, 5.74) is 0.921. The van der Waals surface area contributed by atoms with Crippen molar-refractivity contribution in [1.82, 2.24) is 4.90 Å². The van der Waals surface area contributed by atoms with E-state index in [0.29, 0.717) is 13.2 Å². The van der Waals surface area contributed by atoms with Crippen molar-refractivity contribution in [2.75, 3.05) is 31.6 Å². The van der Waals surface area contributed by atoms with E-state index >= 15 is 0 Å². The molecule has 1 aromatic rings. The number of nitrogens with zero attached hydrogens (tertiary/aromatic N) is 1. The molecule has 0 unspecified atom stereocenters. The van der Waals surface area contributed by atoms with E-state index in [1.807, 2.05) is 29.2 Å². The topological polar surface area (TPSA) is 41.6 Å². The maximum Gasteiger partial charge on any atom is 0.241 e. The summed E-state index contributed by atoms with van der Waals surface area (Å²) in [7, 11) is 0. The van der Waals surface area contributed by atoms with Crippen LogP contribution in [0, 0.1) is 0 Å². The molecule has 1 aromatic carbocycles. The summed E-state index contributed by atoms with van der Waals surface area (Å²) in [6, 6.07) is 7.76. The van der Waals surface area contributed by atoms with Crippen LogP contribution in [-0.4, -0.2) is 37.0 Å². The number of hydrogen-bond acceptors (Lipinski definition) is 3. The standard InChI is InChI=1S/C17H28N2O2/c1-4-10-19(11-5-2)17(20)14-18-15-8-7-9-16(13-15)21-12-6-3/h7-9,13,18H,4-6,10-12,14H2,1-3H3. The molecule has 1 rings (SSSR count). The van der Waals surface area contributed by atoms with Crippen LogP contribution < -0.4 is 10.1 Å². The molecule has 4 nitrogen and oxygen atoms in total.